The maximum Gasteiger partial charge on any atom is 0.0733 e. The Morgan fingerprint density at radius 2 is 2.14 bits per heavy atom. The minimum absolute atomic E-state index is 0.232. The summed E-state index contributed by atoms with van der Waals surface area (Å²) in [4.78, 5) is 0. The molecule has 0 aromatic heterocycles. The number of rotatable bonds is 1. The molecule has 0 radical (unpaired) electrons. The zero-order chi connectivity index (χ0) is 9.97. The van der Waals surface area contributed by atoms with Gasteiger partial charge in [0, 0.05) is 12.5 Å². The molecule has 1 aliphatic heterocycles. The third-order valence-corrected chi connectivity index (χ3v) is 3.04. The van der Waals surface area contributed by atoms with Crippen LogP contribution in [-0.2, 0) is 0 Å². The maximum absolute atomic E-state index is 9.88. The quantitative estimate of drug-likeness (QED) is 0.704. The second-order valence-electron chi connectivity index (χ2n) is 4.02. The van der Waals surface area contributed by atoms with Crippen molar-refractivity contribution in [3.05, 3.63) is 35.4 Å². The Balaban J connectivity index is 2.25. The number of aryl methyl sites for hydroxylation is 1. The number of hydrogen-bond donors (Lipinski definition) is 2. The number of nitrogens with one attached hydrogen (secondary N) is 1. The molecule has 1 fully saturated rings. The summed E-state index contributed by atoms with van der Waals surface area (Å²) in [6.07, 6.45) is 0.802. The second-order valence-corrected chi connectivity index (χ2v) is 4.02. The van der Waals surface area contributed by atoms with Crippen LogP contribution < -0.4 is 5.32 Å². The van der Waals surface area contributed by atoms with E-state index < -0.39 is 0 Å². The summed E-state index contributed by atoms with van der Waals surface area (Å²) >= 11 is 0. The molecule has 0 spiro atoms. The van der Waals surface area contributed by atoms with Gasteiger partial charge in [-0.15, -0.1) is 0 Å². The van der Waals surface area contributed by atoms with Crippen molar-refractivity contribution in [2.75, 3.05) is 13.1 Å². The van der Waals surface area contributed by atoms with Crippen LogP contribution in [-0.4, -0.2) is 24.3 Å². The van der Waals surface area contributed by atoms with Crippen LogP contribution in [0.5, 0.6) is 0 Å². The van der Waals surface area contributed by atoms with Crippen LogP contribution in [0.25, 0.3) is 0 Å². The van der Waals surface area contributed by atoms with Gasteiger partial charge in [0.2, 0.25) is 0 Å². The zero-order valence-electron chi connectivity index (χ0n) is 8.53. The number of aliphatic hydroxyl groups is 1. The van der Waals surface area contributed by atoms with Crippen LogP contribution in [0.15, 0.2) is 24.3 Å². The van der Waals surface area contributed by atoms with Crippen molar-refractivity contribution >= 4 is 0 Å². The lowest BCUT2D eigenvalue weighted by Crippen LogP contribution is -2.39. The standard InChI is InChI=1S/C12H17NO/c1-9-4-2-3-5-10(9)11-6-7-13-8-12(11)14/h2-5,11-14H,6-8H2,1H3/t11-,12-/m1/s1. The average molecular weight is 191 g/mol. The van der Waals surface area contributed by atoms with Gasteiger partial charge in [-0.3, -0.25) is 0 Å². The lowest BCUT2D eigenvalue weighted by Gasteiger charge is -2.29. The molecule has 0 unspecified atom stereocenters. The van der Waals surface area contributed by atoms with Crippen molar-refractivity contribution in [1.29, 1.82) is 0 Å². The van der Waals surface area contributed by atoms with Gasteiger partial charge in [0.15, 0.2) is 0 Å². The van der Waals surface area contributed by atoms with Gasteiger partial charge in [0.25, 0.3) is 0 Å². The summed E-state index contributed by atoms with van der Waals surface area (Å²) in [5, 5.41) is 13.1. The van der Waals surface area contributed by atoms with Gasteiger partial charge in [-0.25, -0.2) is 0 Å². The smallest absolute Gasteiger partial charge is 0.0733 e. The van der Waals surface area contributed by atoms with Gasteiger partial charge in [0.1, 0.15) is 0 Å². The summed E-state index contributed by atoms with van der Waals surface area (Å²) in [7, 11) is 0. The van der Waals surface area contributed by atoms with Crippen molar-refractivity contribution in [3.8, 4) is 0 Å². The fraction of sp³-hybridized carbons (Fsp3) is 0.500. The van der Waals surface area contributed by atoms with E-state index in [0.717, 1.165) is 19.5 Å². The van der Waals surface area contributed by atoms with E-state index in [-0.39, 0.29) is 6.10 Å². The Hall–Kier alpha value is -0.860. The Morgan fingerprint density at radius 1 is 1.36 bits per heavy atom. The molecule has 0 aliphatic carbocycles. The van der Waals surface area contributed by atoms with E-state index in [1.165, 1.54) is 11.1 Å². The van der Waals surface area contributed by atoms with Gasteiger partial charge in [-0.05, 0) is 31.0 Å². The predicted molar refractivity (Wildman–Crippen MR) is 57.4 cm³/mol. The van der Waals surface area contributed by atoms with Crippen molar-refractivity contribution < 1.29 is 5.11 Å². The van der Waals surface area contributed by atoms with E-state index in [4.69, 9.17) is 0 Å². The van der Waals surface area contributed by atoms with Crippen LogP contribution >= 0.6 is 0 Å². The number of aliphatic hydroxyl groups excluding tert-OH is 1. The third-order valence-electron chi connectivity index (χ3n) is 3.04. The first-order chi connectivity index (χ1) is 6.79. The number of β-amino-alcohol motifs (C(OH)–C–C–N with tert-alkyl or cyclic N) is 1. The highest BCUT2D eigenvalue weighted by Gasteiger charge is 2.24. The van der Waals surface area contributed by atoms with Crippen LogP contribution in [0.4, 0.5) is 0 Å². The Labute approximate surface area is 85.0 Å². The molecule has 1 aromatic carbocycles. The third kappa shape index (κ3) is 1.81. The van der Waals surface area contributed by atoms with Crippen molar-refractivity contribution in [3.63, 3.8) is 0 Å². The lowest BCUT2D eigenvalue weighted by atomic mass is 9.85. The van der Waals surface area contributed by atoms with Gasteiger partial charge in [-0.2, -0.15) is 0 Å². The van der Waals surface area contributed by atoms with Crippen LogP contribution in [0.3, 0.4) is 0 Å². The normalized spacial score (nSPS) is 27.6. The first kappa shape index (κ1) is 9.69. The molecular formula is C12H17NO. The SMILES string of the molecule is Cc1ccccc1[C@H]1CCNC[C@H]1O. The molecule has 2 atom stereocenters. The summed E-state index contributed by atoms with van der Waals surface area (Å²) in [5.74, 6) is 0.317. The van der Waals surface area contributed by atoms with E-state index in [2.05, 4.69) is 30.4 Å². The van der Waals surface area contributed by atoms with Crippen LogP contribution in [0, 0.1) is 6.92 Å². The van der Waals surface area contributed by atoms with Crippen molar-refractivity contribution in [2.24, 2.45) is 0 Å². The fourth-order valence-corrected chi connectivity index (χ4v) is 2.21. The molecule has 1 heterocycles. The van der Waals surface area contributed by atoms with Crippen molar-refractivity contribution in [2.45, 2.75) is 25.4 Å². The zero-order valence-corrected chi connectivity index (χ0v) is 8.53. The molecule has 2 N–H and O–H groups in total. The monoisotopic (exact) mass is 191 g/mol. The molecule has 76 valence electrons. The molecule has 2 heteroatoms. The summed E-state index contributed by atoms with van der Waals surface area (Å²) < 4.78 is 0. The Bertz CT molecular complexity index is 311. The fourth-order valence-electron chi connectivity index (χ4n) is 2.21. The minimum atomic E-state index is -0.232. The highest BCUT2D eigenvalue weighted by molar-refractivity contribution is 5.30. The van der Waals surface area contributed by atoms with Gasteiger partial charge in [0.05, 0.1) is 6.10 Å². The lowest BCUT2D eigenvalue weighted by molar-refractivity contribution is 0.118. The predicted octanol–water partition coefficient (Wildman–Crippen LogP) is 1.43. The molecule has 0 amide bonds. The van der Waals surface area contributed by atoms with Gasteiger partial charge < -0.3 is 10.4 Å². The van der Waals surface area contributed by atoms with Crippen LogP contribution in [0.1, 0.15) is 23.5 Å². The first-order valence-electron chi connectivity index (χ1n) is 5.23. The largest absolute Gasteiger partial charge is 0.391 e. The molecule has 1 aliphatic rings. The Kier molecular flexibility index (Phi) is 2.85. The molecule has 2 rings (SSSR count). The molecular weight excluding hydrogens is 174 g/mol. The number of hydrogen-bond acceptors (Lipinski definition) is 2. The van der Waals surface area contributed by atoms with E-state index in [0.29, 0.717) is 5.92 Å². The van der Waals surface area contributed by atoms with E-state index in [9.17, 15) is 5.11 Å². The van der Waals surface area contributed by atoms with E-state index in [1.807, 2.05) is 6.07 Å². The van der Waals surface area contributed by atoms with E-state index >= 15 is 0 Å². The molecule has 2 nitrogen and oxygen atoms in total. The topological polar surface area (TPSA) is 32.3 Å². The van der Waals surface area contributed by atoms with Crippen molar-refractivity contribution in [1.82, 2.24) is 5.32 Å². The van der Waals surface area contributed by atoms with Gasteiger partial charge in [-0.1, -0.05) is 24.3 Å². The molecule has 0 bridgehead atoms. The summed E-state index contributed by atoms with van der Waals surface area (Å²) in [6, 6.07) is 8.35. The van der Waals surface area contributed by atoms with Crippen LogP contribution in [0.2, 0.25) is 0 Å². The summed E-state index contributed by atoms with van der Waals surface area (Å²) in [6.45, 7) is 3.85. The van der Waals surface area contributed by atoms with Gasteiger partial charge >= 0.3 is 0 Å². The maximum atomic E-state index is 9.88. The Morgan fingerprint density at radius 3 is 2.86 bits per heavy atom. The molecule has 1 saturated heterocycles. The second kappa shape index (κ2) is 4.11. The molecule has 1 aromatic rings. The average Bonchev–Trinajstić information content (AvgIpc) is 2.20. The summed E-state index contributed by atoms with van der Waals surface area (Å²) in [5.41, 5.74) is 2.60. The highest BCUT2D eigenvalue weighted by atomic mass is 16.3. The highest BCUT2D eigenvalue weighted by Crippen LogP contribution is 2.27. The first-order valence-corrected chi connectivity index (χ1v) is 5.23. The minimum Gasteiger partial charge on any atom is -0.391 e. The molecule has 0 saturated carbocycles. The number of benzene rings is 1. The molecule has 14 heavy (non-hydrogen) atoms. The number of piperidine rings is 1. The van der Waals surface area contributed by atoms with E-state index in [1.54, 1.807) is 0 Å².